The quantitative estimate of drug-likeness (QED) is 0.625. The van der Waals surface area contributed by atoms with E-state index in [0.29, 0.717) is 0 Å². The van der Waals surface area contributed by atoms with Crippen LogP contribution in [-0.2, 0) is 23.1 Å². The zero-order valence-electron chi connectivity index (χ0n) is 10.2. The summed E-state index contributed by atoms with van der Waals surface area (Å²) in [5.74, 6) is -1.15. The second kappa shape index (κ2) is 6.60. The Balaban J connectivity index is 2.38. The highest BCUT2D eigenvalue weighted by atomic mass is 16.5. The van der Waals surface area contributed by atoms with Gasteiger partial charge >= 0.3 is 12.0 Å². The van der Waals surface area contributed by atoms with E-state index in [-0.39, 0.29) is 13.2 Å². The Morgan fingerprint density at radius 2 is 2.33 bits per heavy atom. The van der Waals surface area contributed by atoms with E-state index in [0.717, 1.165) is 5.56 Å². The molecule has 0 aliphatic carbocycles. The average molecular weight is 256 g/mol. The molecule has 0 fully saturated rings. The van der Waals surface area contributed by atoms with Crippen molar-refractivity contribution in [3.63, 3.8) is 0 Å². The predicted molar refractivity (Wildman–Crippen MR) is 61.9 cm³/mol. The number of ether oxygens (including phenoxy) is 1. The largest absolute Gasteiger partial charge is 0.480 e. The van der Waals surface area contributed by atoms with E-state index in [9.17, 15) is 9.59 Å². The van der Waals surface area contributed by atoms with E-state index in [4.69, 9.17) is 9.84 Å². The topological polar surface area (TPSA) is 105 Å². The minimum Gasteiger partial charge on any atom is -0.480 e. The number of carbonyl (C=O) groups is 2. The van der Waals surface area contributed by atoms with Gasteiger partial charge < -0.3 is 20.5 Å². The average Bonchev–Trinajstić information content (AvgIpc) is 2.72. The molecule has 1 rings (SSSR count). The molecule has 0 saturated heterocycles. The molecule has 100 valence electrons. The van der Waals surface area contributed by atoms with Gasteiger partial charge in [-0.25, -0.2) is 9.59 Å². The Morgan fingerprint density at radius 3 is 2.83 bits per heavy atom. The molecule has 0 spiro atoms. The van der Waals surface area contributed by atoms with Gasteiger partial charge in [0.25, 0.3) is 0 Å². The van der Waals surface area contributed by atoms with E-state index in [1.54, 1.807) is 24.1 Å². The lowest BCUT2D eigenvalue weighted by atomic mass is 10.3. The van der Waals surface area contributed by atoms with Crippen LogP contribution in [0.3, 0.4) is 0 Å². The monoisotopic (exact) mass is 256 g/mol. The van der Waals surface area contributed by atoms with Crippen molar-refractivity contribution in [2.24, 2.45) is 7.05 Å². The summed E-state index contributed by atoms with van der Waals surface area (Å²) in [7, 11) is 3.13. The molecule has 1 heterocycles. The maximum Gasteiger partial charge on any atom is 0.328 e. The van der Waals surface area contributed by atoms with Gasteiger partial charge in [-0.1, -0.05) is 0 Å². The molecule has 3 N–H and O–H groups in total. The molecule has 0 aliphatic heterocycles. The fourth-order valence-corrected chi connectivity index (χ4v) is 1.30. The first-order valence-corrected chi connectivity index (χ1v) is 5.26. The summed E-state index contributed by atoms with van der Waals surface area (Å²) in [6, 6.07) is -1.63. The molecule has 18 heavy (non-hydrogen) atoms. The molecule has 0 aromatic carbocycles. The second-order valence-corrected chi connectivity index (χ2v) is 3.70. The van der Waals surface area contributed by atoms with Crippen LogP contribution in [0.5, 0.6) is 0 Å². The number of amides is 2. The number of nitrogens with zero attached hydrogens (tertiary/aromatic N) is 2. The van der Waals surface area contributed by atoms with Crippen molar-refractivity contribution in [2.45, 2.75) is 12.6 Å². The highest BCUT2D eigenvalue weighted by molar-refractivity contribution is 5.82. The van der Waals surface area contributed by atoms with E-state index >= 15 is 0 Å². The molecule has 1 aromatic heterocycles. The minimum absolute atomic E-state index is 0.0877. The third-order valence-corrected chi connectivity index (χ3v) is 2.15. The van der Waals surface area contributed by atoms with Crippen LogP contribution in [0.15, 0.2) is 12.4 Å². The van der Waals surface area contributed by atoms with Crippen LogP contribution in [-0.4, -0.2) is 46.6 Å². The molecule has 0 bridgehead atoms. The standard InChI is InChI=1S/C10H16N4O4/c1-14-5-7(4-12-14)3-11-10(17)13-8(6-18-2)9(15)16/h4-5,8H,3,6H2,1-2H3,(H,15,16)(H2,11,13,17). The SMILES string of the molecule is COCC(NC(=O)NCc1cnn(C)c1)C(=O)O. The second-order valence-electron chi connectivity index (χ2n) is 3.70. The zero-order valence-corrected chi connectivity index (χ0v) is 10.2. The number of aromatic nitrogens is 2. The molecule has 0 radical (unpaired) electrons. The lowest BCUT2D eigenvalue weighted by Crippen LogP contribution is -2.48. The number of carboxylic acids is 1. The molecule has 8 heteroatoms. The van der Waals surface area contributed by atoms with E-state index in [1.165, 1.54) is 7.11 Å². The lowest BCUT2D eigenvalue weighted by Gasteiger charge is -2.13. The van der Waals surface area contributed by atoms with Crippen LogP contribution in [0.25, 0.3) is 0 Å². The lowest BCUT2D eigenvalue weighted by molar-refractivity contribution is -0.140. The molecule has 8 nitrogen and oxygen atoms in total. The van der Waals surface area contributed by atoms with Gasteiger partial charge in [-0.2, -0.15) is 5.10 Å². The van der Waals surface area contributed by atoms with Crippen LogP contribution in [0.2, 0.25) is 0 Å². The van der Waals surface area contributed by atoms with Crippen LogP contribution in [0, 0.1) is 0 Å². The molecule has 1 atom stereocenters. The van der Waals surface area contributed by atoms with Gasteiger partial charge in [0.15, 0.2) is 6.04 Å². The summed E-state index contributed by atoms with van der Waals surface area (Å²) in [4.78, 5) is 22.2. The van der Waals surface area contributed by atoms with Gasteiger partial charge in [0.05, 0.1) is 12.8 Å². The maximum absolute atomic E-state index is 11.4. The number of methoxy groups -OCH3 is 1. The zero-order chi connectivity index (χ0) is 13.5. The Kier molecular flexibility index (Phi) is 5.12. The predicted octanol–water partition coefficient (Wildman–Crippen LogP) is -0.681. The highest BCUT2D eigenvalue weighted by Crippen LogP contribution is 1.94. The van der Waals surface area contributed by atoms with Crippen LogP contribution in [0.4, 0.5) is 4.79 Å². The molecule has 1 unspecified atom stereocenters. The molecular formula is C10H16N4O4. The smallest absolute Gasteiger partial charge is 0.328 e. The third-order valence-electron chi connectivity index (χ3n) is 2.15. The van der Waals surface area contributed by atoms with Crippen molar-refractivity contribution in [3.05, 3.63) is 18.0 Å². The van der Waals surface area contributed by atoms with Crippen LogP contribution >= 0.6 is 0 Å². The van der Waals surface area contributed by atoms with Gasteiger partial charge in [0.1, 0.15) is 0 Å². The first kappa shape index (κ1) is 14.0. The summed E-state index contributed by atoms with van der Waals surface area (Å²) < 4.78 is 6.31. The summed E-state index contributed by atoms with van der Waals surface area (Å²) in [5, 5.41) is 17.6. The number of aryl methyl sites for hydroxylation is 1. The molecule has 0 saturated carbocycles. The van der Waals surface area contributed by atoms with Gasteiger partial charge in [-0.15, -0.1) is 0 Å². The first-order chi connectivity index (χ1) is 8.52. The third kappa shape index (κ3) is 4.42. The number of rotatable bonds is 6. The number of nitrogens with one attached hydrogen (secondary N) is 2. The summed E-state index contributed by atoms with van der Waals surface area (Å²) in [5.41, 5.74) is 0.825. The summed E-state index contributed by atoms with van der Waals surface area (Å²) >= 11 is 0. The fourth-order valence-electron chi connectivity index (χ4n) is 1.30. The number of aliphatic carboxylic acids is 1. The number of urea groups is 1. The minimum atomic E-state index is -1.15. The molecular weight excluding hydrogens is 240 g/mol. The van der Waals surface area contributed by atoms with E-state index in [1.807, 2.05) is 0 Å². The Labute approximate surface area is 104 Å². The van der Waals surface area contributed by atoms with Crippen molar-refractivity contribution in [1.29, 1.82) is 0 Å². The number of carboxylic acid groups (broad SMARTS) is 1. The summed E-state index contributed by atoms with van der Waals surface area (Å²) in [6.45, 7) is 0.189. The van der Waals surface area contributed by atoms with E-state index < -0.39 is 18.0 Å². The number of hydrogen-bond acceptors (Lipinski definition) is 4. The van der Waals surface area contributed by atoms with Crippen molar-refractivity contribution < 1.29 is 19.4 Å². The summed E-state index contributed by atoms with van der Waals surface area (Å²) in [6.07, 6.45) is 3.37. The van der Waals surface area contributed by atoms with Crippen molar-refractivity contribution in [1.82, 2.24) is 20.4 Å². The number of hydrogen-bond donors (Lipinski definition) is 3. The van der Waals surface area contributed by atoms with Gasteiger partial charge in [0.2, 0.25) is 0 Å². The molecule has 1 aromatic rings. The van der Waals surface area contributed by atoms with Crippen LogP contribution < -0.4 is 10.6 Å². The van der Waals surface area contributed by atoms with Gasteiger partial charge in [-0.3, -0.25) is 4.68 Å². The van der Waals surface area contributed by atoms with Gasteiger partial charge in [-0.05, 0) is 0 Å². The van der Waals surface area contributed by atoms with Crippen molar-refractivity contribution in [3.8, 4) is 0 Å². The normalized spacial score (nSPS) is 11.9. The first-order valence-electron chi connectivity index (χ1n) is 5.26. The number of carbonyl (C=O) groups excluding carboxylic acids is 1. The van der Waals surface area contributed by atoms with Crippen molar-refractivity contribution >= 4 is 12.0 Å². The Morgan fingerprint density at radius 1 is 1.61 bits per heavy atom. The van der Waals surface area contributed by atoms with Crippen molar-refractivity contribution in [2.75, 3.05) is 13.7 Å². The van der Waals surface area contributed by atoms with Crippen LogP contribution in [0.1, 0.15) is 5.56 Å². The maximum atomic E-state index is 11.4. The fraction of sp³-hybridized carbons (Fsp3) is 0.500. The molecule has 2 amide bonds. The molecule has 0 aliphatic rings. The van der Waals surface area contributed by atoms with Gasteiger partial charge in [0, 0.05) is 32.5 Å². The Hall–Kier alpha value is -2.09. The van der Waals surface area contributed by atoms with E-state index in [2.05, 4.69) is 15.7 Å². The highest BCUT2D eigenvalue weighted by Gasteiger charge is 2.19. The Bertz CT molecular complexity index is 418.